The number of hydrogen-bond acceptors (Lipinski definition) is 3. The van der Waals surface area contributed by atoms with Crippen molar-refractivity contribution in [1.82, 2.24) is 0 Å². The zero-order chi connectivity index (χ0) is 7.40. The van der Waals surface area contributed by atoms with E-state index in [-0.39, 0.29) is 5.90 Å². The van der Waals surface area contributed by atoms with E-state index in [0.29, 0.717) is 6.61 Å². The lowest BCUT2D eigenvalue weighted by Gasteiger charge is -1.99. The molecule has 1 aromatic heterocycles. The van der Waals surface area contributed by atoms with Crippen LogP contribution in [-0.2, 0) is 4.74 Å². The topological polar surface area (TPSA) is 33.1 Å². The van der Waals surface area contributed by atoms with Crippen molar-refractivity contribution < 1.29 is 4.74 Å². The summed E-state index contributed by atoms with van der Waals surface area (Å²) >= 11 is 1.40. The minimum atomic E-state index is 0.244. The summed E-state index contributed by atoms with van der Waals surface area (Å²) in [5.41, 5.74) is 0. The Balaban J connectivity index is 2.59. The van der Waals surface area contributed by atoms with Gasteiger partial charge in [0.25, 0.3) is 0 Å². The van der Waals surface area contributed by atoms with Crippen molar-refractivity contribution in [2.24, 2.45) is 0 Å². The van der Waals surface area contributed by atoms with Gasteiger partial charge in [-0.3, -0.25) is 5.41 Å². The maximum Gasteiger partial charge on any atom is 0.223 e. The highest BCUT2D eigenvalue weighted by molar-refractivity contribution is 7.11. The zero-order valence-electron chi connectivity index (χ0n) is 5.68. The van der Waals surface area contributed by atoms with E-state index in [1.807, 2.05) is 13.0 Å². The monoisotopic (exact) mass is 154 g/mol. The van der Waals surface area contributed by atoms with Crippen LogP contribution in [0.3, 0.4) is 0 Å². The highest BCUT2D eigenvalue weighted by Crippen LogP contribution is 2.08. The highest BCUT2D eigenvalue weighted by atomic mass is 32.1. The molecule has 53 valence electrons. The molecule has 0 amide bonds. The van der Waals surface area contributed by atoms with E-state index in [4.69, 9.17) is 10.1 Å². The summed E-state index contributed by atoms with van der Waals surface area (Å²) in [6.07, 6.45) is 0. The summed E-state index contributed by atoms with van der Waals surface area (Å²) in [7, 11) is 0. The number of nitrogens with one attached hydrogen (secondary N) is 1. The Morgan fingerprint density at radius 3 is 3.20 bits per heavy atom. The Morgan fingerprint density at radius 2 is 2.70 bits per heavy atom. The fraction of sp³-hybridized carbons (Fsp3) is 0.286. The molecule has 1 rings (SSSR count). The molecule has 0 bridgehead atoms. The first-order chi connectivity index (χ1) is 4.84. The van der Waals surface area contributed by atoms with Gasteiger partial charge >= 0.3 is 0 Å². The average Bonchev–Trinajstić information content (AvgIpc) is 2.38. The Morgan fingerprint density at radius 1 is 1.90 bits per heavy atom. The predicted octanol–water partition coefficient (Wildman–Crippen LogP) is 1.91. The second-order valence-electron chi connectivity index (χ2n) is 1.68. The molecule has 0 aliphatic heterocycles. The van der Waals surface area contributed by atoms with Crippen molar-refractivity contribution in [1.29, 1.82) is 5.41 Å². The summed E-state index contributed by atoms with van der Waals surface area (Å²) in [6, 6.07) is 3.61. The van der Waals surface area contributed by atoms with Crippen molar-refractivity contribution >= 4 is 17.2 Å². The first-order valence-corrected chi connectivity index (χ1v) is 3.84. The van der Waals surface area contributed by atoms with Gasteiger partial charge in [-0.05, 0) is 19.1 Å². The molecular formula is C7H8NOS. The second kappa shape index (κ2) is 3.37. The number of thiophene rings is 1. The minimum Gasteiger partial charge on any atom is -0.477 e. The first-order valence-electron chi connectivity index (χ1n) is 3.02. The van der Waals surface area contributed by atoms with Gasteiger partial charge in [0.05, 0.1) is 11.5 Å². The Bertz CT molecular complexity index is 205. The van der Waals surface area contributed by atoms with Gasteiger partial charge in [0.15, 0.2) is 0 Å². The van der Waals surface area contributed by atoms with Crippen LogP contribution in [0, 0.1) is 10.8 Å². The SMILES string of the molecule is CCOC(=N)c1cc[c]s1. The summed E-state index contributed by atoms with van der Waals surface area (Å²) in [5, 5.41) is 10.2. The van der Waals surface area contributed by atoms with E-state index in [1.165, 1.54) is 11.3 Å². The van der Waals surface area contributed by atoms with Gasteiger partial charge < -0.3 is 4.74 Å². The van der Waals surface area contributed by atoms with Crippen LogP contribution in [0.15, 0.2) is 12.1 Å². The standard InChI is InChI=1S/C7H8NOS/c1-2-9-7(8)6-4-3-5-10-6/h3-4,8H,2H2,1H3. The molecule has 0 fully saturated rings. The van der Waals surface area contributed by atoms with Crippen molar-refractivity contribution in [3.8, 4) is 0 Å². The molecule has 1 heterocycles. The summed E-state index contributed by atoms with van der Waals surface area (Å²) in [4.78, 5) is 0.835. The zero-order valence-corrected chi connectivity index (χ0v) is 6.49. The van der Waals surface area contributed by atoms with Gasteiger partial charge in [0, 0.05) is 5.38 Å². The maximum absolute atomic E-state index is 7.31. The van der Waals surface area contributed by atoms with Crippen LogP contribution < -0.4 is 0 Å². The Kier molecular flexibility index (Phi) is 2.45. The van der Waals surface area contributed by atoms with Crippen LogP contribution in [0.25, 0.3) is 0 Å². The van der Waals surface area contributed by atoms with Crippen LogP contribution in [0.4, 0.5) is 0 Å². The molecule has 1 aromatic rings. The molecule has 0 aliphatic rings. The number of rotatable bonds is 2. The van der Waals surface area contributed by atoms with Gasteiger partial charge in [-0.1, -0.05) is 0 Å². The van der Waals surface area contributed by atoms with E-state index in [9.17, 15) is 0 Å². The van der Waals surface area contributed by atoms with Gasteiger partial charge in [0.1, 0.15) is 0 Å². The van der Waals surface area contributed by atoms with E-state index < -0.39 is 0 Å². The quantitative estimate of drug-likeness (QED) is 0.512. The molecule has 0 spiro atoms. The van der Waals surface area contributed by atoms with Crippen LogP contribution in [0.2, 0.25) is 0 Å². The molecule has 1 N–H and O–H groups in total. The first kappa shape index (κ1) is 7.28. The lowest BCUT2D eigenvalue weighted by Crippen LogP contribution is -2.01. The lowest BCUT2D eigenvalue weighted by atomic mass is 10.5. The molecule has 1 radical (unpaired) electrons. The molecule has 3 heteroatoms. The summed E-state index contributed by atoms with van der Waals surface area (Å²) in [5.74, 6) is 0.244. The predicted molar refractivity (Wildman–Crippen MR) is 41.6 cm³/mol. The van der Waals surface area contributed by atoms with Gasteiger partial charge in [-0.15, -0.1) is 11.3 Å². The van der Waals surface area contributed by atoms with E-state index in [1.54, 1.807) is 6.07 Å². The van der Waals surface area contributed by atoms with Gasteiger partial charge in [-0.2, -0.15) is 0 Å². The third-order valence-corrected chi connectivity index (χ3v) is 1.78. The maximum atomic E-state index is 7.31. The molecule has 10 heavy (non-hydrogen) atoms. The largest absolute Gasteiger partial charge is 0.477 e. The average molecular weight is 154 g/mol. The van der Waals surface area contributed by atoms with Crippen LogP contribution in [0.1, 0.15) is 11.8 Å². The molecule has 0 saturated carbocycles. The van der Waals surface area contributed by atoms with E-state index in [2.05, 4.69) is 5.38 Å². The van der Waals surface area contributed by atoms with Crippen LogP contribution in [0.5, 0.6) is 0 Å². The van der Waals surface area contributed by atoms with Crippen molar-refractivity contribution in [2.75, 3.05) is 6.61 Å². The van der Waals surface area contributed by atoms with Crippen molar-refractivity contribution in [3.63, 3.8) is 0 Å². The number of hydrogen-bond donors (Lipinski definition) is 1. The molecular weight excluding hydrogens is 146 g/mol. The second-order valence-corrected chi connectivity index (χ2v) is 2.56. The fourth-order valence-electron chi connectivity index (χ4n) is 0.579. The third kappa shape index (κ3) is 1.57. The van der Waals surface area contributed by atoms with Gasteiger partial charge in [-0.25, -0.2) is 0 Å². The Hall–Kier alpha value is -0.830. The molecule has 0 atom stereocenters. The third-order valence-electron chi connectivity index (χ3n) is 0.984. The fourth-order valence-corrected chi connectivity index (χ4v) is 1.13. The summed E-state index contributed by atoms with van der Waals surface area (Å²) in [6.45, 7) is 2.42. The van der Waals surface area contributed by atoms with Crippen LogP contribution >= 0.6 is 11.3 Å². The normalized spacial score (nSPS) is 9.30. The van der Waals surface area contributed by atoms with E-state index in [0.717, 1.165) is 4.88 Å². The summed E-state index contributed by atoms with van der Waals surface area (Å²) < 4.78 is 4.96. The molecule has 2 nitrogen and oxygen atoms in total. The Labute approximate surface area is 64.0 Å². The molecule has 0 unspecified atom stereocenters. The molecule has 0 aromatic carbocycles. The smallest absolute Gasteiger partial charge is 0.223 e. The van der Waals surface area contributed by atoms with Crippen LogP contribution in [-0.4, -0.2) is 12.5 Å². The minimum absolute atomic E-state index is 0.244. The molecule has 0 saturated heterocycles. The van der Waals surface area contributed by atoms with Crippen molar-refractivity contribution in [3.05, 3.63) is 22.4 Å². The molecule has 0 aliphatic carbocycles. The number of ether oxygens (including phenoxy) is 1. The van der Waals surface area contributed by atoms with Crippen molar-refractivity contribution in [2.45, 2.75) is 6.92 Å². The van der Waals surface area contributed by atoms with Gasteiger partial charge in [0.2, 0.25) is 5.90 Å². The highest BCUT2D eigenvalue weighted by Gasteiger charge is 2.00. The van der Waals surface area contributed by atoms with E-state index >= 15 is 0 Å². The lowest BCUT2D eigenvalue weighted by molar-refractivity contribution is 0.326.